The van der Waals surface area contributed by atoms with Crippen LogP contribution in [0, 0.1) is 5.82 Å². The number of hydrogen-bond donors (Lipinski definition) is 2. The van der Waals surface area contributed by atoms with Crippen LogP contribution in [0.3, 0.4) is 0 Å². The van der Waals surface area contributed by atoms with Gasteiger partial charge in [-0.15, -0.1) is 0 Å². The second-order valence-electron chi connectivity index (χ2n) is 6.19. The Kier molecular flexibility index (Phi) is 6.54. The van der Waals surface area contributed by atoms with Gasteiger partial charge in [0.25, 0.3) is 0 Å². The molecule has 0 saturated carbocycles. The molecule has 0 unspecified atom stereocenters. The summed E-state index contributed by atoms with van der Waals surface area (Å²) in [7, 11) is 0. The average molecular weight is 336 g/mol. The van der Waals surface area contributed by atoms with Crippen molar-refractivity contribution in [3.05, 3.63) is 30.1 Å². The van der Waals surface area contributed by atoms with Crippen molar-refractivity contribution in [1.29, 1.82) is 0 Å². The van der Waals surface area contributed by atoms with Gasteiger partial charge in [0, 0.05) is 51.0 Å². The van der Waals surface area contributed by atoms with Crippen LogP contribution < -0.4 is 15.5 Å². The molecule has 1 aliphatic heterocycles. The Morgan fingerprint density at radius 3 is 2.29 bits per heavy atom. The van der Waals surface area contributed by atoms with Crippen LogP contribution in [0.1, 0.15) is 13.8 Å². The molecule has 1 aliphatic rings. The molecule has 1 heterocycles. The minimum Gasteiger partial charge on any atom is -0.369 e. The molecule has 1 fully saturated rings. The molecule has 2 N–H and O–H groups in total. The van der Waals surface area contributed by atoms with Gasteiger partial charge in [0.05, 0.1) is 0 Å². The summed E-state index contributed by atoms with van der Waals surface area (Å²) >= 11 is 0. The van der Waals surface area contributed by atoms with Gasteiger partial charge in [0.2, 0.25) is 0 Å². The Morgan fingerprint density at radius 2 is 1.71 bits per heavy atom. The molecule has 0 bridgehead atoms. The van der Waals surface area contributed by atoms with Crippen LogP contribution in [0.25, 0.3) is 0 Å². The van der Waals surface area contributed by atoms with Gasteiger partial charge in [-0.1, -0.05) is 0 Å². The molecule has 1 aromatic carbocycles. The molecular weight excluding hydrogens is 311 g/mol. The van der Waals surface area contributed by atoms with Gasteiger partial charge in [-0.2, -0.15) is 0 Å². The highest BCUT2D eigenvalue weighted by molar-refractivity contribution is 6.35. The number of carbonyl (C=O) groups excluding carboxylic acids is 2. The van der Waals surface area contributed by atoms with Gasteiger partial charge < -0.3 is 15.5 Å². The van der Waals surface area contributed by atoms with Crippen molar-refractivity contribution in [2.24, 2.45) is 0 Å². The van der Waals surface area contributed by atoms with Crippen molar-refractivity contribution in [2.45, 2.75) is 19.9 Å². The summed E-state index contributed by atoms with van der Waals surface area (Å²) < 4.78 is 13.0. The molecule has 7 heteroatoms. The zero-order valence-electron chi connectivity index (χ0n) is 14.2. The predicted octanol–water partition coefficient (Wildman–Crippen LogP) is 0.589. The number of benzene rings is 1. The summed E-state index contributed by atoms with van der Waals surface area (Å²) in [6.07, 6.45) is 0. The van der Waals surface area contributed by atoms with Crippen LogP contribution in [0.5, 0.6) is 0 Å². The van der Waals surface area contributed by atoms with E-state index < -0.39 is 11.8 Å². The second-order valence-corrected chi connectivity index (χ2v) is 6.19. The van der Waals surface area contributed by atoms with Crippen molar-refractivity contribution in [1.82, 2.24) is 15.5 Å². The summed E-state index contributed by atoms with van der Waals surface area (Å²) in [5, 5.41) is 5.20. The summed E-state index contributed by atoms with van der Waals surface area (Å²) in [5.41, 5.74) is 1.02. The third-order valence-electron chi connectivity index (χ3n) is 3.90. The van der Waals surface area contributed by atoms with Crippen LogP contribution in [-0.4, -0.2) is 62.0 Å². The molecule has 2 rings (SSSR count). The van der Waals surface area contributed by atoms with Gasteiger partial charge in [-0.05, 0) is 38.1 Å². The zero-order valence-corrected chi connectivity index (χ0v) is 14.2. The van der Waals surface area contributed by atoms with Crippen LogP contribution in [0.4, 0.5) is 10.1 Å². The molecule has 1 aromatic rings. The van der Waals surface area contributed by atoms with E-state index >= 15 is 0 Å². The predicted molar refractivity (Wildman–Crippen MR) is 91.3 cm³/mol. The van der Waals surface area contributed by atoms with E-state index in [9.17, 15) is 14.0 Å². The fourth-order valence-corrected chi connectivity index (χ4v) is 2.62. The maximum absolute atomic E-state index is 13.0. The standard InChI is InChI=1S/C17H25FN4O2/c1-13(2)20-17(24)16(23)19-7-8-21-9-11-22(12-10-21)15-5-3-14(18)4-6-15/h3-6,13H,7-12H2,1-2H3,(H,19,23)(H,20,24). The first-order chi connectivity index (χ1) is 11.5. The van der Waals surface area contributed by atoms with Crippen LogP contribution >= 0.6 is 0 Å². The maximum atomic E-state index is 13.0. The molecular formula is C17H25FN4O2. The number of piperazine rings is 1. The topological polar surface area (TPSA) is 64.7 Å². The van der Waals surface area contributed by atoms with E-state index in [4.69, 9.17) is 0 Å². The lowest BCUT2D eigenvalue weighted by Crippen LogP contribution is -2.49. The summed E-state index contributed by atoms with van der Waals surface area (Å²) in [4.78, 5) is 27.5. The van der Waals surface area contributed by atoms with E-state index in [0.717, 1.165) is 31.9 Å². The Balaban J connectivity index is 1.67. The summed E-state index contributed by atoms with van der Waals surface area (Å²) in [6, 6.07) is 6.47. The van der Waals surface area contributed by atoms with Crippen molar-refractivity contribution in [3.8, 4) is 0 Å². The third-order valence-corrected chi connectivity index (χ3v) is 3.90. The van der Waals surface area contributed by atoms with Gasteiger partial charge in [-0.3, -0.25) is 14.5 Å². The first-order valence-corrected chi connectivity index (χ1v) is 8.27. The van der Waals surface area contributed by atoms with Crippen LogP contribution in [-0.2, 0) is 9.59 Å². The van der Waals surface area contributed by atoms with E-state index in [1.165, 1.54) is 12.1 Å². The Morgan fingerprint density at radius 1 is 1.08 bits per heavy atom. The lowest BCUT2D eigenvalue weighted by molar-refractivity contribution is -0.139. The smallest absolute Gasteiger partial charge is 0.309 e. The van der Waals surface area contributed by atoms with E-state index in [1.807, 2.05) is 13.8 Å². The largest absolute Gasteiger partial charge is 0.369 e. The van der Waals surface area contributed by atoms with Gasteiger partial charge >= 0.3 is 11.8 Å². The number of rotatable bonds is 5. The minimum absolute atomic E-state index is 0.0530. The van der Waals surface area contributed by atoms with E-state index in [0.29, 0.717) is 13.1 Å². The van der Waals surface area contributed by atoms with Crippen molar-refractivity contribution >= 4 is 17.5 Å². The molecule has 132 valence electrons. The van der Waals surface area contributed by atoms with Crippen molar-refractivity contribution in [3.63, 3.8) is 0 Å². The molecule has 0 atom stereocenters. The second kappa shape index (κ2) is 8.63. The third kappa shape index (κ3) is 5.49. The van der Waals surface area contributed by atoms with Crippen LogP contribution in [0.15, 0.2) is 24.3 Å². The zero-order chi connectivity index (χ0) is 17.5. The number of anilines is 1. The minimum atomic E-state index is -0.592. The molecule has 1 saturated heterocycles. The van der Waals surface area contributed by atoms with Crippen molar-refractivity contribution in [2.75, 3.05) is 44.2 Å². The molecule has 0 aliphatic carbocycles. The Hall–Kier alpha value is -2.15. The molecule has 0 aromatic heterocycles. The average Bonchev–Trinajstić information content (AvgIpc) is 2.55. The molecule has 0 spiro atoms. The van der Waals surface area contributed by atoms with E-state index in [-0.39, 0.29) is 11.9 Å². The highest BCUT2D eigenvalue weighted by atomic mass is 19.1. The maximum Gasteiger partial charge on any atom is 0.309 e. The number of amides is 2. The highest BCUT2D eigenvalue weighted by Crippen LogP contribution is 2.16. The summed E-state index contributed by atoms with van der Waals surface area (Å²) in [6.45, 7) is 8.22. The number of nitrogens with zero attached hydrogens (tertiary/aromatic N) is 2. The van der Waals surface area contributed by atoms with Gasteiger partial charge in [0.15, 0.2) is 0 Å². The van der Waals surface area contributed by atoms with E-state index in [1.54, 1.807) is 12.1 Å². The monoisotopic (exact) mass is 336 g/mol. The Labute approximate surface area is 142 Å². The molecule has 6 nitrogen and oxygen atoms in total. The van der Waals surface area contributed by atoms with Crippen LogP contribution in [0.2, 0.25) is 0 Å². The van der Waals surface area contributed by atoms with E-state index in [2.05, 4.69) is 20.4 Å². The fourth-order valence-electron chi connectivity index (χ4n) is 2.62. The highest BCUT2D eigenvalue weighted by Gasteiger charge is 2.18. The Bertz CT molecular complexity index is 554. The first kappa shape index (κ1) is 18.2. The normalized spacial score (nSPS) is 15.4. The number of hydrogen-bond acceptors (Lipinski definition) is 4. The molecule has 2 amide bonds. The first-order valence-electron chi connectivity index (χ1n) is 8.27. The quantitative estimate of drug-likeness (QED) is 0.773. The number of halogens is 1. The summed E-state index contributed by atoms with van der Waals surface area (Å²) in [5.74, 6) is -1.41. The number of carbonyl (C=O) groups is 2. The van der Waals surface area contributed by atoms with Gasteiger partial charge in [0.1, 0.15) is 5.82 Å². The lowest BCUT2D eigenvalue weighted by Gasteiger charge is -2.36. The number of nitrogens with one attached hydrogen (secondary N) is 2. The SMILES string of the molecule is CC(C)NC(=O)C(=O)NCCN1CCN(c2ccc(F)cc2)CC1. The fraction of sp³-hybridized carbons (Fsp3) is 0.529. The van der Waals surface area contributed by atoms with Gasteiger partial charge in [-0.25, -0.2) is 4.39 Å². The molecule has 0 radical (unpaired) electrons. The van der Waals surface area contributed by atoms with Crippen molar-refractivity contribution < 1.29 is 14.0 Å². The molecule has 24 heavy (non-hydrogen) atoms. The lowest BCUT2D eigenvalue weighted by atomic mass is 10.2.